The van der Waals surface area contributed by atoms with E-state index in [1.54, 1.807) is 0 Å². The SMILES string of the molecule is CCS(=O)(=O)Nc1ccc(S(=O)(=O)NCCCCN)cc1F.Cl. The summed E-state index contributed by atoms with van der Waals surface area (Å²) in [6, 6.07) is 3.00. The predicted octanol–water partition coefficient (Wildman–Crippen LogP) is 1.03. The first-order chi connectivity index (χ1) is 10.2. The van der Waals surface area contributed by atoms with E-state index in [9.17, 15) is 21.2 Å². The van der Waals surface area contributed by atoms with Crippen molar-refractivity contribution in [1.82, 2.24) is 4.72 Å². The Morgan fingerprint density at radius 1 is 1.17 bits per heavy atom. The Morgan fingerprint density at radius 2 is 1.83 bits per heavy atom. The second-order valence-electron chi connectivity index (χ2n) is 4.54. The molecule has 0 aliphatic heterocycles. The fourth-order valence-corrected chi connectivity index (χ4v) is 3.28. The van der Waals surface area contributed by atoms with Crippen molar-refractivity contribution in [3.05, 3.63) is 24.0 Å². The molecule has 11 heteroatoms. The Bertz CT molecular complexity index is 711. The molecule has 23 heavy (non-hydrogen) atoms. The summed E-state index contributed by atoms with van der Waals surface area (Å²) in [6.07, 6.45) is 1.25. The molecule has 0 saturated carbocycles. The maximum Gasteiger partial charge on any atom is 0.240 e. The lowest BCUT2D eigenvalue weighted by molar-refractivity contribution is 0.574. The molecule has 0 saturated heterocycles. The van der Waals surface area contributed by atoms with E-state index < -0.39 is 25.9 Å². The normalized spacial score (nSPS) is 11.8. The predicted molar refractivity (Wildman–Crippen MR) is 90.2 cm³/mol. The van der Waals surface area contributed by atoms with Gasteiger partial charge in [-0.2, -0.15) is 0 Å². The highest BCUT2D eigenvalue weighted by Gasteiger charge is 2.17. The molecule has 0 fully saturated rings. The summed E-state index contributed by atoms with van der Waals surface area (Å²) < 4.78 is 64.9. The van der Waals surface area contributed by atoms with Crippen LogP contribution in [0.4, 0.5) is 10.1 Å². The lowest BCUT2D eigenvalue weighted by Crippen LogP contribution is -2.25. The molecule has 0 atom stereocenters. The van der Waals surface area contributed by atoms with Gasteiger partial charge in [-0.1, -0.05) is 0 Å². The highest BCUT2D eigenvalue weighted by atomic mass is 35.5. The van der Waals surface area contributed by atoms with Gasteiger partial charge in [-0.25, -0.2) is 25.9 Å². The van der Waals surface area contributed by atoms with Crippen molar-refractivity contribution in [3.8, 4) is 0 Å². The van der Waals surface area contributed by atoms with Gasteiger partial charge in [0.05, 0.1) is 16.3 Å². The van der Waals surface area contributed by atoms with Crippen LogP contribution >= 0.6 is 12.4 Å². The van der Waals surface area contributed by atoms with Gasteiger partial charge in [-0.05, 0) is 44.5 Å². The quantitative estimate of drug-likeness (QED) is 0.545. The zero-order valence-corrected chi connectivity index (χ0v) is 15.0. The van der Waals surface area contributed by atoms with Crippen LogP contribution in [0, 0.1) is 5.82 Å². The Morgan fingerprint density at radius 3 is 2.35 bits per heavy atom. The largest absolute Gasteiger partial charge is 0.330 e. The smallest absolute Gasteiger partial charge is 0.240 e. The molecule has 0 aliphatic carbocycles. The first-order valence-corrected chi connectivity index (χ1v) is 9.85. The van der Waals surface area contributed by atoms with Crippen molar-refractivity contribution < 1.29 is 21.2 Å². The molecule has 1 aromatic rings. The number of benzene rings is 1. The number of unbranched alkanes of at least 4 members (excludes halogenated alkanes) is 1. The van der Waals surface area contributed by atoms with Gasteiger partial charge in [-0.15, -0.1) is 12.4 Å². The molecular weight excluding hydrogens is 369 g/mol. The van der Waals surface area contributed by atoms with Crippen molar-refractivity contribution in [2.45, 2.75) is 24.7 Å². The molecule has 0 radical (unpaired) electrons. The monoisotopic (exact) mass is 389 g/mol. The summed E-state index contributed by atoms with van der Waals surface area (Å²) in [5.41, 5.74) is 5.02. The van der Waals surface area contributed by atoms with Gasteiger partial charge < -0.3 is 5.73 Å². The van der Waals surface area contributed by atoms with Crippen LogP contribution in [0.15, 0.2) is 23.1 Å². The summed E-state index contributed by atoms with van der Waals surface area (Å²) in [4.78, 5) is -0.266. The lowest BCUT2D eigenvalue weighted by atomic mass is 10.3. The van der Waals surface area contributed by atoms with Crippen molar-refractivity contribution in [2.75, 3.05) is 23.6 Å². The maximum absolute atomic E-state index is 13.9. The van der Waals surface area contributed by atoms with Crippen molar-refractivity contribution >= 4 is 38.1 Å². The van der Waals surface area contributed by atoms with E-state index in [0.29, 0.717) is 19.4 Å². The number of hydrogen-bond donors (Lipinski definition) is 3. The van der Waals surface area contributed by atoms with Crippen LogP contribution in [0.25, 0.3) is 0 Å². The van der Waals surface area contributed by atoms with Crippen molar-refractivity contribution in [3.63, 3.8) is 0 Å². The third-order valence-corrected chi connectivity index (χ3v) is 5.57. The Labute approximate surface area is 142 Å². The molecule has 0 spiro atoms. The number of hydrogen-bond acceptors (Lipinski definition) is 5. The van der Waals surface area contributed by atoms with Crippen LogP contribution in [-0.2, 0) is 20.0 Å². The van der Waals surface area contributed by atoms with Crippen LogP contribution in [0.1, 0.15) is 19.8 Å². The van der Waals surface area contributed by atoms with E-state index in [2.05, 4.69) is 4.72 Å². The van der Waals surface area contributed by atoms with Crippen molar-refractivity contribution in [2.24, 2.45) is 5.73 Å². The molecular formula is C12H21ClFN3O4S2. The number of rotatable bonds is 9. The molecule has 7 nitrogen and oxygen atoms in total. The highest BCUT2D eigenvalue weighted by Crippen LogP contribution is 2.20. The molecule has 0 bridgehead atoms. The summed E-state index contributed by atoms with van der Waals surface area (Å²) >= 11 is 0. The number of halogens is 2. The van der Waals surface area contributed by atoms with Crippen LogP contribution in [-0.4, -0.2) is 35.7 Å². The number of sulfonamides is 2. The van der Waals surface area contributed by atoms with Gasteiger partial charge in [0.1, 0.15) is 5.82 Å². The van der Waals surface area contributed by atoms with E-state index in [1.165, 1.54) is 6.92 Å². The second-order valence-corrected chi connectivity index (χ2v) is 8.32. The van der Waals surface area contributed by atoms with Crippen LogP contribution < -0.4 is 15.2 Å². The molecule has 1 rings (SSSR count). The molecule has 0 unspecified atom stereocenters. The summed E-state index contributed by atoms with van der Waals surface area (Å²) in [5.74, 6) is -1.17. The lowest BCUT2D eigenvalue weighted by Gasteiger charge is -2.10. The Balaban J connectivity index is 0.00000484. The number of nitrogens with two attached hydrogens (primary N) is 1. The minimum atomic E-state index is -3.84. The Kier molecular flexibility index (Phi) is 9.00. The third kappa shape index (κ3) is 7.00. The van der Waals surface area contributed by atoms with E-state index in [0.717, 1.165) is 18.2 Å². The maximum atomic E-state index is 13.9. The minimum Gasteiger partial charge on any atom is -0.330 e. The minimum absolute atomic E-state index is 0. The topological polar surface area (TPSA) is 118 Å². The molecule has 0 aromatic heterocycles. The third-order valence-electron chi connectivity index (χ3n) is 2.82. The molecule has 134 valence electrons. The van der Waals surface area contributed by atoms with Crippen molar-refractivity contribution in [1.29, 1.82) is 0 Å². The van der Waals surface area contributed by atoms with Gasteiger partial charge >= 0.3 is 0 Å². The second kappa shape index (κ2) is 9.38. The molecule has 1 aromatic carbocycles. The van der Waals surface area contributed by atoms with Gasteiger partial charge in [0.2, 0.25) is 20.0 Å². The van der Waals surface area contributed by atoms with E-state index in [-0.39, 0.29) is 35.3 Å². The van der Waals surface area contributed by atoms with Crippen LogP contribution in [0.5, 0.6) is 0 Å². The van der Waals surface area contributed by atoms with Gasteiger partial charge in [0.25, 0.3) is 0 Å². The highest BCUT2D eigenvalue weighted by molar-refractivity contribution is 7.92. The van der Waals surface area contributed by atoms with E-state index in [4.69, 9.17) is 5.73 Å². The van der Waals surface area contributed by atoms with Gasteiger partial charge in [0, 0.05) is 6.54 Å². The first-order valence-electron chi connectivity index (χ1n) is 6.71. The van der Waals surface area contributed by atoms with Gasteiger partial charge in [0.15, 0.2) is 0 Å². The summed E-state index contributed by atoms with van der Waals surface area (Å²) in [6.45, 7) is 2.07. The standard InChI is InChI=1S/C12H20FN3O4S2.ClH/c1-2-21(17,18)16-12-6-5-10(9-11(12)13)22(19,20)15-8-4-3-7-14;/h5-6,9,15-16H,2-4,7-8,14H2,1H3;1H. The zero-order chi connectivity index (χ0) is 16.8. The summed E-state index contributed by atoms with van der Waals surface area (Å²) in [7, 11) is -7.47. The molecule has 4 N–H and O–H groups in total. The van der Waals surface area contributed by atoms with Crippen LogP contribution in [0.3, 0.4) is 0 Å². The average Bonchev–Trinajstić information content (AvgIpc) is 2.45. The number of anilines is 1. The van der Waals surface area contributed by atoms with Crippen LogP contribution in [0.2, 0.25) is 0 Å². The first kappa shape index (κ1) is 22.1. The van der Waals surface area contributed by atoms with E-state index in [1.807, 2.05) is 4.72 Å². The molecule has 0 amide bonds. The van der Waals surface area contributed by atoms with E-state index >= 15 is 0 Å². The average molecular weight is 390 g/mol. The van der Waals surface area contributed by atoms with Gasteiger partial charge in [-0.3, -0.25) is 4.72 Å². The summed E-state index contributed by atoms with van der Waals surface area (Å²) in [5, 5.41) is 0. The fourth-order valence-electron chi connectivity index (χ4n) is 1.54. The fraction of sp³-hybridized carbons (Fsp3) is 0.500. The zero-order valence-electron chi connectivity index (χ0n) is 12.6. The Hall–Kier alpha value is -0.940. The molecule has 0 aliphatic rings. The number of nitrogens with one attached hydrogen (secondary N) is 2. The molecule has 0 heterocycles.